The minimum atomic E-state index is 0.381. The van der Waals surface area contributed by atoms with Gasteiger partial charge in [0.2, 0.25) is 0 Å². The molecular formula is C14H15BrClN3O. The second-order valence-corrected chi connectivity index (χ2v) is 5.62. The van der Waals surface area contributed by atoms with E-state index in [1.165, 1.54) is 0 Å². The fraction of sp³-hybridized carbons (Fsp3) is 0.286. The number of halogens is 2. The summed E-state index contributed by atoms with van der Waals surface area (Å²) in [4.78, 5) is 10.8. The van der Waals surface area contributed by atoms with Gasteiger partial charge in [0.25, 0.3) is 0 Å². The molecule has 2 rings (SSSR count). The van der Waals surface area contributed by atoms with Crippen molar-refractivity contribution in [1.82, 2.24) is 9.97 Å². The van der Waals surface area contributed by atoms with Crippen LogP contribution in [-0.4, -0.2) is 31.2 Å². The molecule has 0 atom stereocenters. The molecule has 0 fully saturated rings. The first-order valence-electron chi connectivity index (χ1n) is 6.01. The van der Waals surface area contributed by atoms with Gasteiger partial charge in [0.15, 0.2) is 5.82 Å². The summed E-state index contributed by atoms with van der Waals surface area (Å²) >= 11 is 9.50. The maximum absolute atomic E-state index is 6.12. The number of hydrogen-bond donors (Lipinski definition) is 0. The second-order valence-electron chi connectivity index (χ2n) is 4.47. The van der Waals surface area contributed by atoms with Crippen molar-refractivity contribution < 1.29 is 4.74 Å². The van der Waals surface area contributed by atoms with Crippen LogP contribution < -0.4 is 4.90 Å². The van der Waals surface area contributed by atoms with Crippen LogP contribution in [0.2, 0.25) is 5.15 Å². The molecule has 0 N–H and O–H groups in total. The fourth-order valence-electron chi connectivity index (χ4n) is 1.73. The van der Waals surface area contributed by atoms with Crippen LogP contribution in [0.3, 0.4) is 0 Å². The molecule has 106 valence electrons. The monoisotopic (exact) mass is 355 g/mol. The van der Waals surface area contributed by atoms with Gasteiger partial charge in [0.1, 0.15) is 5.15 Å². The van der Waals surface area contributed by atoms with Gasteiger partial charge in [-0.15, -0.1) is 0 Å². The van der Waals surface area contributed by atoms with E-state index in [0.717, 1.165) is 16.9 Å². The van der Waals surface area contributed by atoms with Gasteiger partial charge in [-0.1, -0.05) is 11.6 Å². The van der Waals surface area contributed by atoms with Gasteiger partial charge in [0.05, 0.1) is 16.8 Å². The summed E-state index contributed by atoms with van der Waals surface area (Å²) in [6, 6.07) is 7.99. The van der Waals surface area contributed by atoms with E-state index in [4.69, 9.17) is 16.3 Å². The third kappa shape index (κ3) is 3.29. The van der Waals surface area contributed by atoms with Crippen molar-refractivity contribution in [2.45, 2.75) is 6.61 Å². The third-order valence-electron chi connectivity index (χ3n) is 2.80. The summed E-state index contributed by atoms with van der Waals surface area (Å²) in [6.45, 7) is 0.381. The van der Waals surface area contributed by atoms with Gasteiger partial charge >= 0.3 is 0 Å². The largest absolute Gasteiger partial charge is 0.378 e. The molecule has 1 aromatic carbocycles. The molecule has 0 aliphatic carbocycles. The third-order valence-corrected chi connectivity index (χ3v) is 4.14. The maximum atomic E-state index is 6.12. The van der Waals surface area contributed by atoms with Gasteiger partial charge < -0.3 is 9.64 Å². The fourth-order valence-corrected chi connectivity index (χ4v) is 2.21. The van der Waals surface area contributed by atoms with Crippen molar-refractivity contribution in [2.24, 2.45) is 0 Å². The summed E-state index contributed by atoms with van der Waals surface area (Å²) in [5.41, 5.74) is 2.77. The molecule has 6 heteroatoms. The van der Waals surface area contributed by atoms with Crippen molar-refractivity contribution >= 4 is 33.2 Å². The Kier molecular flexibility index (Phi) is 4.96. The van der Waals surface area contributed by atoms with E-state index in [1.807, 2.05) is 43.3 Å². The molecule has 0 aliphatic rings. The zero-order chi connectivity index (χ0) is 14.7. The highest BCUT2D eigenvalue weighted by Gasteiger charge is 2.12. The smallest absolute Gasteiger partial charge is 0.161 e. The molecule has 0 bridgehead atoms. The van der Waals surface area contributed by atoms with Crippen molar-refractivity contribution in [3.63, 3.8) is 0 Å². The number of rotatable bonds is 4. The first-order valence-corrected chi connectivity index (χ1v) is 7.18. The molecule has 0 radical (unpaired) electrons. The van der Waals surface area contributed by atoms with Gasteiger partial charge in [-0.05, 0) is 40.2 Å². The molecule has 1 aromatic heterocycles. The van der Waals surface area contributed by atoms with E-state index in [0.29, 0.717) is 22.1 Å². The van der Waals surface area contributed by atoms with Gasteiger partial charge in [0, 0.05) is 32.5 Å². The molecule has 2 aromatic rings. The Morgan fingerprint density at radius 3 is 2.40 bits per heavy atom. The minimum absolute atomic E-state index is 0.381. The van der Waals surface area contributed by atoms with Crippen LogP contribution in [0.25, 0.3) is 11.4 Å². The van der Waals surface area contributed by atoms with Crippen LogP contribution in [0.15, 0.2) is 28.7 Å². The Morgan fingerprint density at radius 1 is 1.20 bits per heavy atom. The van der Waals surface area contributed by atoms with Crippen LogP contribution in [0, 0.1) is 0 Å². The number of anilines is 1. The highest BCUT2D eigenvalue weighted by molar-refractivity contribution is 9.10. The van der Waals surface area contributed by atoms with Crippen molar-refractivity contribution in [3.8, 4) is 11.4 Å². The zero-order valence-electron chi connectivity index (χ0n) is 11.5. The van der Waals surface area contributed by atoms with E-state index >= 15 is 0 Å². The molecule has 4 nitrogen and oxygen atoms in total. The number of aromatic nitrogens is 2. The normalized spacial score (nSPS) is 10.7. The number of ether oxygens (including phenoxy) is 1. The lowest BCUT2D eigenvalue weighted by molar-refractivity contribution is 0.181. The topological polar surface area (TPSA) is 38.2 Å². The van der Waals surface area contributed by atoms with Crippen LogP contribution >= 0.6 is 27.5 Å². The van der Waals surface area contributed by atoms with Crippen LogP contribution in [0.5, 0.6) is 0 Å². The summed E-state index contributed by atoms with van der Waals surface area (Å²) in [5.74, 6) is 0.593. The van der Waals surface area contributed by atoms with Crippen molar-refractivity contribution in [3.05, 3.63) is 39.6 Å². The standard InChI is InChI=1S/C14H15BrClN3O/c1-19(2)10-6-4-9(5-7-10)14-17-11(8-20-3)12(15)13(16)18-14/h4-7H,8H2,1-3H3. The highest BCUT2D eigenvalue weighted by atomic mass is 79.9. The minimum Gasteiger partial charge on any atom is -0.378 e. The number of nitrogens with zero attached hydrogens (tertiary/aromatic N) is 3. The van der Waals surface area contributed by atoms with Crippen molar-refractivity contribution in [2.75, 3.05) is 26.1 Å². The molecule has 0 unspecified atom stereocenters. The Morgan fingerprint density at radius 2 is 1.85 bits per heavy atom. The van der Waals surface area contributed by atoms with Gasteiger partial charge in [-0.3, -0.25) is 0 Å². The molecule has 20 heavy (non-hydrogen) atoms. The lowest BCUT2D eigenvalue weighted by Crippen LogP contribution is -2.08. The SMILES string of the molecule is COCc1nc(-c2ccc(N(C)C)cc2)nc(Cl)c1Br. The van der Waals surface area contributed by atoms with Crippen molar-refractivity contribution in [1.29, 1.82) is 0 Å². The summed E-state index contributed by atoms with van der Waals surface area (Å²) in [6.07, 6.45) is 0. The quantitative estimate of drug-likeness (QED) is 0.782. The number of benzene rings is 1. The Bertz CT molecular complexity index is 602. The highest BCUT2D eigenvalue weighted by Crippen LogP contribution is 2.28. The first kappa shape index (κ1) is 15.2. The predicted molar refractivity (Wildman–Crippen MR) is 85.2 cm³/mol. The lowest BCUT2D eigenvalue weighted by atomic mass is 10.2. The molecule has 0 saturated heterocycles. The average Bonchev–Trinajstić information content (AvgIpc) is 2.44. The Hall–Kier alpha value is -1.17. The Labute approximate surface area is 131 Å². The lowest BCUT2D eigenvalue weighted by Gasteiger charge is -2.13. The molecule has 1 heterocycles. The summed E-state index contributed by atoms with van der Waals surface area (Å²) < 4.78 is 5.80. The zero-order valence-corrected chi connectivity index (χ0v) is 13.9. The van der Waals surface area contributed by atoms with E-state index in [1.54, 1.807) is 7.11 Å². The van der Waals surface area contributed by atoms with E-state index in [-0.39, 0.29) is 0 Å². The van der Waals surface area contributed by atoms with E-state index < -0.39 is 0 Å². The molecule has 0 saturated carbocycles. The van der Waals surface area contributed by atoms with Crippen LogP contribution in [-0.2, 0) is 11.3 Å². The summed E-state index contributed by atoms with van der Waals surface area (Å²) in [7, 11) is 5.62. The maximum Gasteiger partial charge on any atom is 0.161 e. The molecular weight excluding hydrogens is 342 g/mol. The second kappa shape index (κ2) is 6.52. The summed E-state index contributed by atoms with van der Waals surface area (Å²) in [5, 5.41) is 0.388. The van der Waals surface area contributed by atoms with E-state index in [9.17, 15) is 0 Å². The molecule has 0 aliphatic heterocycles. The van der Waals surface area contributed by atoms with Gasteiger partial charge in [-0.25, -0.2) is 9.97 Å². The number of methoxy groups -OCH3 is 1. The first-order chi connectivity index (χ1) is 9.52. The number of hydrogen-bond acceptors (Lipinski definition) is 4. The molecule has 0 spiro atoms. The Balaban J connectivity index is 2.41. The van der Waals surface area contributed by atoms with Crippen LogP contribution in [0.1, 0.15) is 5.69 Å². The van der Waals surface area contributed by atoms with E-state index in [2.05, 4.69) is 25.9 Å². The van der Waals surface area contributed by atoms with Crippen LogP contribution in [0.4, 0.5) is 5.69 Å². The van der Waals surface area contributed by atoms with Gasteiger partial charge in [-0.2, -0.15) is 0 Å². The molecule has 0 amide bonds. The average molecular weight is 357 g/mol. The predicted octanol–water partition coefficient (Wildman–Crippen LogP) is 3.77.